The van der Waals surface area contributed by atoms with Gasteiger partial charge < -0.3 is 5.32 Å². The molecule has 0 heterocycles. The molecule has 1 atom stereocenters. The predicted octanol–water partition coefficient (Wildman–Crippen LogP) is 0.376. The van der Waals surface area contributed by atoms with Crippen LogP contribution in [0.2, 0.25) is 0 Å². The summed E-state index contributed by atoms with van der Waals surface area (Å²) in [6.07, 6.45) is 0. The summed E-state index contributed by atoms with van der Waals surface area (Å²) in [6, 6.07) is 0. The Morgan fingerprint density at radius 2 is 2.00 bits per heavy atom. The Labute approximate surface area is 73.3 Å². The number of nitrogens with one attached hydrogen (secondary N) is 2. The van der Waals surface area contributed by atoms with E-state index in [0.717, 1.165) is 0 Å². The first kappa shape index (κ1) is 10.8. The first-order valence-corrected chi connectivity index (χ1v) is 4.09. The van der Waals surface area contributed by atoms with Crippen molar-refractivity contribution in [3.8, 4) is 0 Å². The monoisotopic (exact) mass is 176 g/mol. The molecule has 0 bridgehead atoms. The third kappa shape index (κ3) is 3.62. The molecule has 0 radical (unpaired) electrons. The van der Waals surface area contributed by atoms with Gasteiger partial charge in [-0.1, -0.05) is 0 Å². The highest BCUT2D eigenvalue weighted by molar-refractivity contribution is 7.80. The minimum absolute atomic E-state index is 0.0160. The molecule has 0 aliphatic heterocycles. The lowest BCUT2D eigenvalue weighted by atomic mass is 10.1. The van der Waals surface area contributed by atoms with Crippen LogP contribution in [0, 0.1) is 0 Å². The lowest BCUT2D eigenvalue weighted by Crippen LogP contribution is -2.53. The zero-order valence-corrected chi connectivity index (χ0v) is 8.33. The smallest absolute Gasteiger partial charge is 0.239 e. The molecule has 11 heavy (non-hydrogen) atoms. The van der Waals surface area contributed by atoms with Crippen molar-refractivity contribution in [1.82, 2.24) is 10.6 Å². The third-order valence-corrected chi connectivity index (χ3v) is 1.49. The van der Waals surface area contributed by atoms with Crippen LogP contribution in [-0.2, 0) is 4.79 Å². The van der Waals surface area contributed by atoms with Gasteiger partial charge in [0, 0.05) is 12.4 Å². The topological polar surface area (TPSA) is 41.1 Å². The van der Waals surface area contributed by atoms with E-state index in [0.29, 0.717) is 0 Å². The van der Waals surface area contributed by atoms with Crippen LogP contribution in [0.5, 0.6) is 0 Å². The third-order valence-electron chi connectivity index (χ3n) is 1.36. The number of amides is 1. The van der Waals surface area contributed by atoms with E-state index in [-0.39, 0.29) is 11.3 Å². The second kappa shape index (κ2) is 3.97. The van der Waals surface area contributed by atoms with Crippen molar-refractivity contribution < 1.29 is 4.79 Å². The van der Waals surface area contributed by atoms with Crippen LogP contribution in [0.4, 0.5) is 0 Å². The maximum Gasteiger partial charge on any atom is 0.239 e. The van der Waals surface area contributed by atoms with Crippen molar-refractivity contribution >= 4 is 18.5 Å². The minimum Gasteiger partial charge on any atom is -0.358 e. The summed E-state index contributed by atoms with van der Waals surface area (Å²) >= 11 is 4.13. The summed E-state index contributed by atoms with van der Waals surface area (Å²) in [4.78, 5) is 11.2. The SMILES string of the molecule is CNC(=O)C(C)(C)NC(C)S. The van der Waals surface area contributed by atoms with Crippen molar-refractivity contribution in [1.29, 1.82) is 0 Å². The summed E-state index contributed by atoms with van der Waals surface area (Å²) in [5.41, 5.74) is -0.546. The average Bonchev–Trinajstić information content (AvgIpc) is 1.83. The molecular formula is C7H16N2OS. The van der Waals surface area contributed by atoms with Crippen LogP contribution in [0.15, 0.2) is 0 Å². The highest BCUT2D eigenvalue weighted by atomic mass is 32.1. The minimum atomic E-state index is -0.546. The zero-order chi connectivity index (χ0) is 9.07. The number of hydrogen-bond donors (Lipinski definition) is 3. The van der Waals surface area contributed by atoms with Crippen molar-refractivity contribution in [2.75, 3.05) is 7.05 Å². The first-order chi connectivity index (χ1) is 4.90. The van der Waals surface area contributed by atoms with Gasteiger partial charge in [0.15, 0.2) is 0 Å². The van der Waals surface area contributed by atoms with E-state index in [2.05, 4.69) is 23.3 Å². The molecule has 0 aromatic rings. The molecule has 0 aliphatic carbocycles. The zero-order valence-electron chi connectivity index (χ0n) is 7.43. The van der Waals surface area contributed by atoms with Gasteiger partial charge in [0.05, 0.1) is 5.54 Å². The van der Waals surface area contributed by atoms with Crippen molar-refractivity contribution in [3.05, 3.63) is 0 Å². The molecule has 66 valence electrons. The molecule has 0 saturated heterocycles. The van der Waals surface area contributed by atoms with E-state index in [1.54, 1.807) is 7.05 Å². The molecule has 0 spiro atoms. The molecule has 1 unspecified atom stereocenters. The highest BCUT2D eigenvalue weighted by Gasteiger charge is 2.26. The average molecular weight is 176 g/mol. The Balaban J connectivity index is 4.09. The molecular weight excluding hydrogens is 160 g/mol. The maximum absolute atomic E-state index is 11.2. The van der Waals surface area contributed by atoms with Gasteiger partial charge in [-0.2, -0.15) is 12.6 Å². The summed E-state index contributed by atoms with van der Waals surface area (Å²) in [6.45, 7) is 5.52. The second-order valence-corrected chi connectivity index (χ2v) is 3.80. The Bertz CT molecular complexity index is 145. The van der Waals surface area contributed by atoms with Crippen LogP contribution in [0.25, 0.3) is 0 Å². The van der Waals surface area contributed by atoms with E-state index in [1.807, 2.05) is 20.8 Å². The van der Waals surface area contributed by atoms with Crippen LogP contribution < -0.4 is 10.6 Å². The summed E-state index contributed by atoms with van der Waals surface area (Å²) in [5.74, 6) is -0.0293. The van der Waals surface area contributed by atoms with Crippen molar-refractivity contribution in [3.63, 3.8) is 0 Å². The number of thiol groups is 1. The molecule has 4 heteroatoms. The molecule has 0 saturated carbocycles. The Kier molecular flexibility index (Phi) is 3.89. The summed E-state index contributed by atoms with van der Waals surface area (Å²) in [7, 11) is 1.62. The highest BCUT2D eigenvalue weighted by Crippen LogP contribution is 2.04. The van der Waals surface area contributed by atoms with Gasteiger partial charge in [-0.3, -0.25) is 10.1 Å². The van der Waals surface area contributed by atoms with Crippen molar-refractivity contribution in [2.45, 2.75) is 31.7 Å². The Morgan fingerprint density at radius 1 is 1.55 bits per heavy atom. The molecule has 2 N–H and O–H groups in total. The predicted molar refractivity (Wildman–Crippen MR) is 49.7 cm³/mol. The number of hydrogen-bond acceptors (Lipinski definition) is 3. The van der Waals surface area contributed by atoms with Gasteiger partial charge >= 0.3 is 0 Å². The van der Waals surface area contributed by atoms with Crippen LogP contribution >= 0.6 is 12.6 Å². The van der Waals surface area contributed by atoms with Crippen LogP contribution in [0.3, 0.4) is 0 Å². The fourth-order valence-corrected chi connectivity index (χ4v) is 1.22. The largest absolute Gasteiger partial charge is 0.358 e. The van der Waals surface area contributed by atoms with E-state index >= 15 is 0 Å². The molecule has 0 aromatic heterocycles. The van der Waals surface area contributed by atoms with Crippen LogP contribution in [-0.4, -0.2) is 23.9 Å². The van der Waals surface area contributed by atoms with Crippen molar-refractivity contribution in [2.24, 2.45) is 0 Å². The molecule has 0 aliphatic rings. The number of carbonyl (C=O) groups excluding carboxylic acids is 1. The van der Waals surface area contributed by atoms with E-state index < -0.39 is 5.54 Å². The van der Waals surface area contributed by atoms with Gasteiger partial charge in [-0.25, -0.2) is 0 Å². The van der Waals surface area contributed by atoms with E-state index in [1.165, 1.54) is 0 Å². The fraction of sp³-hybridized carbons (Fsp3) is 0.857. The fourth-order valence-electron chi connectivity index (χ4n) is 0.900. The lowest BCUT2D eigenvalue weighted by Gasteiger charge is -2.26. The van der Waals surface area contributed by atoms with E-state index in [4.69, 9.17) is 0 Å². The molecule has 0 fully saturated rings. The van der Waals surface area contributed by atoms with Gasteiger partial charge in [0.25, 0.3) is 0 Å². The van der Waals surface area contributed by atoms with Gasteiger partial charge in [0.1, 0.15) is 0 Å². The van der Waals surface area contributed by atoms with E-state index in [9.17, 15) is 4.79 Å². The van der Waals surface area contributed by atoms with Gasteiger partial charge in [-0.05, 0) is 20.8 Å². The lowest BCUT2D eigenvalue weighted by molar-refractivity contribution is -0.125. The normalized spacial score (nSPS) is 14.3. The Hall–Kier alpha value is -0.220. The summed E-state index contributed by atoms with van der Waals surface area (Å²) < 4.78 is 0. The Morgan fingerprint density at radius 3 is 2.27 bits per heavy atom. The van der Waals surface area contributed by atoms with Gasteiger partial charge in [-0.15, -0.1) is 0 Å². The standard InChI is InChI=1S/C7H16N2OS/c1-5(11)9-7(2,3)6(10)8-4/h5,9,11H,1-4H3,(H,8,10). The summed E-state index contributed by atoms with van der Waals surface area (Å²) in [5, 5.41) is 5.61. The number of rotatable bonds is 3. The first-order valence-electron chi connectivity index (χ1n) is 3.58. The molecule has 3 nitrogen and oxygen atoms in total. The van der Waals surface area contributed by atoms with Gasteiger partial charge in [0.2, 0.25) is 5.91 Å². The maximum atomic E-state index is 11.2. The van der Waals surface area contributed by atoms with Crippen LogP contribution in [0.1, 0.15) is 20.8 Å². The quantitative estimate of drug-likeness (QED) is 0.430. The molecule has 0 aromatic carbocycles. The molecule has 1 amide bonds. The molecule has 0 rings (SSSR count). The second-order valence-electron chi connectivity index (χ2n) is 3.02. The number of likely N-dealkylation sites (N-methyl/N-ethyl adjacent to an activating group) is 1. The number of carbonyl (C=O) groups is 1.